The van der Waals surface area contributed by atoms with E-state index in [0.717, 1.165) is 13.0 Å². The smallest absolute Gasteiger partial charge is 0.0524 e. The van der Waals surface area contributed by atoms with Crippen LogP contribution in [0.1, 0.15) is 26.7 Å². The van der Waals surface area contributed by atoms with Crippen LogP contribution in [0.3, 0.4) is 0 Å². The van der Waals surface area contributed by atoms with E-state index in [1.165, 1.54) is 6.42 Å². The minimum atomic E-state index is 0.616. The molecule has 0 aromatic carbocycles. The summed E-state index contributed by atoms with van der Waals surface area (Å²) in [4.78, 5) is 0. The second-order valence-corrected chi connectivity index (χ2v) is 2.46. The third-order valence-electron chi connectivity index (χ3n) is 1.55. The van der Waals surface area contributed by atoms with Gasteiger partial charge >= 0.3 is 0 Å². The summed E-state index contributed by atoms with van der Waals surface area (Å²) >= 11 is 0. The molecule has 0 spiro atoms. The molecule has 1 atom stereocenters. The molecule has 0 radical (unpaired) electrons. The highest BCUT2D eigenvalue weighted by Gasteiger charge is 1.98. The standard InChI is InChI=1S/C9H18O/c1-4-6-7-9(5-2)8-10-3/h6-7,9H,4-5,8H2,1-3H3/b7-6-. The van der Waals surface area contributed by atoms with Gasteiger partial charge in [-0.1, -0.05) is 26.0 Å². The zero-order valence-electron chi connectivity index (χ0n) is 7.26. The molecule has 0 amide bonds. The number of rotatable bonds is 5. The van der Waals surface area contributed by atoms with Crippen LogP contribution >= 0.6 is 0 Å². The lowest BCUT2D eigenvalue weighted by Gasteiger charge is -2.06. The molecular formula is C9H18O. The van der Waals surface area contributed by atoms with Gasteiger partial charge in [0.05, 0.1) is 6.61 Å². The van der Waals surface area contributed by atoms with Crippen molar-refractivity contribution < 1.29 is 4.74 Å². The topological polar surface area (TPSA) is 9.23 Å². The van der Waals surface area contributed by atoms with Crippen molar-refractivity contribution in [2.45, 2.75) is 26.7 Å². The Labute approximate surface area is 64.1 Å². The SMILES string of the molecule is CC/C=C\C(CC)COC. The van der Waals surface area contributed by atoms with E-state index in [-0.39, 0.29) is 0 Å². The lowest BCUT2D eigenvalue weighted by Crippen LogP contribution is -2.02. The van der Waals surface area contributed by atoms with Gasteiger partial charge in [-0.15, -0.1) is 0 Å². The van der Waals surface area contributed by atoms with Gasteiger partial charge in [-0.3, -0.25) is 0 Å². The third kappa shape index (κ3) is 4.57. The van der Waals surface area contributed by atoms with Crippen LogP contribution in [0.15, 0.2) is 12.2 Å². The van der Waals surface area contributed by atoms with E-state index in [4.69, 9.17) is 4.74 Å². The molecule has 60 valence electrons. The van der Waals surface area contributed by atoms with E-state index >= 15 is 0 Å². The van der Waals surface area contributed by atoms with Crippen LogP contribution in [0.2, 0.25) is 0 Å². The predicted molar refractivity (Wildman–Crippen MR) is 45.1 cm³/mol. The van der Waals surface area contributed by atoms with E-state index in [1.807, 2.05) is 0 Å². The molecule has 0 bridgehead atoms. The molecule has 0 saturated heterocycles. The Balaban J connectivity index is 3.48. The molecule has 1 unspecified atom stereocenters. The van der Waals surface area contributed by atoms with Crippen molar-refractivity contribution in [3.05, 3.63) is 12.2 Å². The molecule has 0 heterocycles. The van der Waals surface area contributed by atoms with Gasteiger partial charge in [0.15, 0.2) is 0 Å². The summed E-state index contributed by atoms with van der Waals surface area (Å²) in [6.45, 7) is 5.19. The summed E-state index contributed by atoms with van der Waals surface area (Å²) in [7, 11) is 1.75. The Bertz CT molecular complexity index is 86.7. The van der Waals surface area contributed by atoms with E-state index in [2.05, 4.69) is 26.0 Å². The third-order valence-corrected chi connectivity index (χ3v) is 1.55. The van der Waals surface area contributed by atoms with E-state index in [9.17, 15) is 0 Å². The minimum Gasteiger partial charge on any atom is -0.384 e. The van der Waals surface area contributed by atoms with Gasteiger partial charge in [-0.25, -0.2) is 0 Å². The first-order valence-electron chi connectivity index (χ1n) is 4.00. The maximum absolute atomic E-state index is 5.04. The molecule has 1 heteroatoms. The van der Waals surface area contributed by atoms with Gasteiger partial charge in [0.1, 0.15) is 0 Å². The molecule has 0 fully saturated rings. The molecule has 0 aromatic rings. The fourth-order valence-corrected chi connectivity index (χ4v) is 0.852. The zero-order valence-corrected chi connectivity index (χ0v) is 7.26. The summed E-state index contributed by atoms with van der Waals surface area (Å²) in [5, 5.41) is 0. The molecule has 0 aliphatic rings. The maximum atomic E-state index is 5.04. The number of hydrogen-bond acceptors (Lipinski definition) is 1. The fourth-order valence-electron chi connectivity index (χ4n) is 0.852. The van der Waals surface area contributed by atoms with Crippen LogP contribution in [0, 0.1) is 5.92 Å². The molecule has 0 aromatic heterocycles. The fraction of sp³-hybridized carbons (Fsp3) is 0.778. The lowest BCUT2D eigenvalue weighted by molar-refractivity contribution is 0.168. The van der Waals surface area contributed by atoms with E-state index in [1.54, 1.807) is 7.11 Å². The second-order valence-electron chi connectivity index (χ2n) is 2.46. The zero-order chi connectivity index (χ0) is 7.82. The Kier molecular flexibility index (Phi) is 6.61. The van der Waals surface area contributed by atoms with Crippen LogP contribution in [0.25, 0.3) is 0 Å². The predicted octanol–water partition coefficient (Wildman–Crippen LogP) is 2.63. The largest absolute Gasteiger partial charge is 0.384 e. The summed E-state index contributed by atoms with van der Waals surface area (Å²) in [5.41, 5.74) is 0. The first-order valence-corrected chi connectivity index (χ1v) is 4.00. The molecule has 0 aliphatic carbocycles. The average molecular weight is 142 g/mol. The molecule has 10 heavy (non-hydrogen) atoms. The van der Waals surface area contributed by atoms with Crippen molar-refractivity contribution >= 4 is 0 Å². The normalized spacial score (nSPS) is 14.3. The first-order chi connectivity index (χ1) is 4.85. The first kappa shape index (κ1) is 9.70. The monoisotopic (exact) mass is 142 g/mol. The number of ether oxygens (including phenoxy) is 1. The van der Waals surface area contributed by atoms with Crippen LogP contribution < -0.4 is 0 Å². The number of allylic oxidation sites excluding steroid dienone is 1. The summed E-state index contributed by atoms with van der Waals surface area (Å²) in [5.74, 6) is 0.616. The molecular weight excluding hydrogens is 124 g/mol. The Hall–Kier alpha value is -0.300. The highest BCUT2D eigenvalue weighted by atomic mass is 16.5. The van der Waals surface area contributed by atoms with Gasteiger partial charge in [-0.05, 0) is 18.8 Å². The van der Waals surface area contributed by atoms with Crippen LogP contribution in [0.5, 0.6) is 0 Å². The van der Waals surface area contributed by atoms with Gasteiger partial charge in [-0.2, -0.15) is 0 Å². The maximum Gasteiger partial charge on any atom is 0.0524 e. The molecule has 0 N–H and O–H groups in total. The second kappa shape index (κ2) is 6.81. The molecule has 0 saturated carbocycles. The van der Waals surface area contributed by atoms with Crippen LogP contribution in [0.4, 0.5) is 0 Å². The van der Waals surface area contributed by atoms with Crippen molar-refractivity contribution in [3.8, 4) is 0 Å². The number of methoxy groups -OCH3 is 1. The van der Waals surface area contributed by atoms with Crippen molar-refractivity contribution in [1.29, 1.82) is 0 Å². The highest BCUT2D eigenvalue weighted by Crippen LogP contribution is 2.04. The number of hydrogen-bond donors (Lipinski definition) is 0. The van der Waals surface area contributed by atoms with Crippen molar-refractivity contribution in [2.24, 2.45) is 5.92 Å². The summed E-state index contributed by atoms with van der Waals surface area (Å²) in [6.07, 6.45) is 6.74. The quantitative estimate of drug-likeness (QED) is 0.536. The average Bonchev–Trinajstić information content (AvgIpc) is 1.98. The van der Waals surface area contributed by atoms with Gasteiger partial charge < -0.3 is 4.74 Å². The van der Waals surface area contributed by atoms with Crippen LogP contribution in [-0.4, -0.2) is 13.7 Å². The highest BCUT2D eigenvalue weighted by molar-refractivity contribution is 4.86. The van der Waals surface area contributed by atoms with E-state index < -0.39 is 0 Å². The van der Waals surface area contributed by atoms with Gasteiger partial charge in [0, 0.05) is 7.11 Å². The molecule has 0 aliphatic heterocycles. The molecule has 0 rings (SSSR count). The van der Waals surface area contributed by atoms with Gasteiger partial charge in [0.2, 0.25) is 0 Å². The Morgan fingerprint density at radius 2 is 2.10 bits per heavy atom. The Morgan fingerprint density at radius 1 is 1.40 bits per heavy atom. The van der Waals surface area contributed by atoms with Crippen molar-refractivity contribution in [3.63, 3.8) is 0 Å². The summed E-state index contributed by atoms with van der Waals surface area (Å²) in [6, 6.07) is 0. The van der Waals surface area contributed by atoms with Crippen molar-refractivity contribution in [1.82, 2.24) is 0 Å². The molecule has 1 nitrogen and oxygen atoms in total. The van der Waals surface area contributed by atoms with Gasteiger partial charge in [0.25, 0.3) is 0 Å². The minimum absolute atomic E-state index is 0.616. The Morgan fingerprint density at radius 3 is 2.50 bits per heavy atom. The van der Waals surface area contributed by atoms with Crippen molar-refractivity contribution in [2.75, 3.05) is 13.7 Å². The summed E-state index contributed by atoms with van der Waals surface area (Å²) < 4.78 is 5.04. The lowest BCUT2D eigenvalue weighted by atomic mass is 10.1. The van der Waals surface area contributed by atoms with Crippen LogP contribution in [-0.2, 0) is 4.74 Å². The van der Waals surface area contributed by atoms with E-state index in [0.29, 0.717) is 5.92 Å².